The summed E-state index contributed by atoms with van der Waals surface area (Å²) in [7, 11) is -3.87. The molecule has 0 aliphatic rings. The third-order valence-electron chi connectivity index (χ3n) is 3.26. The normalized spacial score (nSPS) is 14.4. The number of hydrogen-bond acceptors (Lipinski definition) is 6. The molecule has 1 aromatic rings. The van der Waals surface area contributed by atoms with Gasteiger partial charge in [-0.3, -0.25) is 4.79 Å². The van der Waals surface area contributed by atoms with Crippen molar-refractivity contribution in [2.75, 3.05) is 20.3 Å². The first-order valence-corrected chi connectivity index (χ1v) is 9.05. The molecule has 11 heteroatoms. The molecular weight excluding hydrogens is 378 g/mol. The summed E-state index contributed by atoms with van der Waals surface area (Å²) >= 11 is 0. The molecule has 1 aromatic carbocycles. The molecular formula is C15H19F3NO6P. The van der Waals surface area contributed by atoms with E-state index in [1.54, 1.807) is 0 Å². The van der Waals surface area contributed by atoms with E-state index < -0.39 is 36.5 Å². The van der Waals surface area contributed by atoms with Crippen LogP contribution in [0.25, 0.3) is 0 Å². The van der Waals surface area contributed by atoms with Crippen LogP contribution < -0.4 is 5.32 Å². The van der Waals surface area contributed by atoms with Gasteiger partial charge in [-0.25, -0.2) is 9.36 Å². The molecule has 0 heterocycles. The van der Waals surface area contributed by atoms with E-state index in [9.17, 15) is 27.3 Å². The molecule has 0 saturated carbocycles. The van der Waals surface area contributed by atoms with Crippen molar-refractivity contribution in [1.82, 2.24) is 5.32 Å². The lowest BCUT2D eigenvalue weighted by molar-refractivity contribution is -0.212. The second kappa shape index (κ2) is 8.66. The number of benzene rings is 1. The summed E-state index contributed by atoms with van der Waals surface area (Å²) in [5, 5.41) is 1.50. The number of amides is 1. The third kappa shape index (κ3) is 4.25. The second-order valence-corrected chi connectivity index (χ2v) is 6.79. The van der Waals surface area contributed by atoms with Gasteiger partial charge in [-0.1, -0.05) is 30.3 Å². The van der Waals surface area contributed by atoms with E-state index in [0.717, 1.165) is 19.2 Å². The highest BCUT2D eigenvalue weighted by Crippen LogP contribution is 2.51. The van der Waals surface area contributed by atoms with Gasteiger partial charge in [0.05, 0.1) is 20.3 Å². The third-order valence-corrected chi connectivity index (χ3v) is 5.07. The zero-order chi connectivity index (χ0) is 20.0. The molecule has 7 nitrogen and oxygen atoms in total. The molecule has 1 unspecified atom stereocenters. The lowest BCUT2D eigenvalue weighted by Gasteiger charge is -2.34. The van der Waals surface area contributed by atoms with Gasteiger partial charge in [0.2, 0.25) is 0 Å². The van der Waals surface area contributed by atoms with Crippen molar-refractivity contribution in [3.8, 4) is 0 Å². The van der Waals surface area contributed by atoms with E-state index >= 15 is 0 Å². The monoisotopic (exact) mass is 397 g/mol. The van der Waals surface area contributed by atoms with E-state index in [1.807, 2.05) is 0 Å². The van der Waals surface area contributed by atoms with E-state index in [1.165, 1.54) is 37.4 Å². The molecule has 1 rings (SSSR count). The minimum Gasteiger partial charge on any atom is -0.467 e. The fourth-order valence-corrected chi connectivity index (χ4v) is 3.45. The average Bonchev–Trinajstić information content (AvgIpc) is 2.58. The Hall–Kier alpha value is -1.90. The van der Waals surface area contributed by atoms with Gasteiger partial charge in [0.15, 0.2) is 0 Å². The van der Waals surface area contributed by atoms with Crippen LogP contribution in [0.4, 0.5) is 18.0 Å². The maximum atomic E-state index is 13.9. The highest BCUT2D eigenvalue weighted by atomic mass is 31.2. The Kier molecular flexibility index (Phi) is 7.37. The fourth-order valence-electron chi connectivity index (χ4n) is 2.16. The number of methoxy groups -OCH3 is 1. The lowest BCUT2D eigenvalue weighted by Crippen LogP contribution is -2.61. The zero-order valence-corrected chi connectivity index (χ0v) is 15.2. The molecule has 0 saturated heterocycles. The van der Waals surface area contributed by atoms with Crippen LogP contribution in [-0.2, 0) is 28.7 Å². The van der Waals surface area contributed by atoms with Crippen molar-refractivity contribution in [2.24, 2.45) is 0 Å². The number of halogens is 3. The molecule has 26 heavy (non-hydrogen) atoms. The van der Waals surface area contributed by atoms with Crippen molar-refractivity contribution in [2.45, 2.75) is 25.6 Å². The highest BCUT2D eigenvalue weighted by Gasteiger charge is 2.65. The van der Waals surface area contributed by atoms with Crippen LogP contribution in [0, 0.1) is 0 Å². The summed E-state index contributed by atoms with van der Waals surface area (Å²) in [4.78, 5) is 24.5. The summed E-state index contributed by atoms with van der Waals surface area (Å²) in [6.45, 7) is 2.25. The second-order valence-electron chi connectivity index (χ2n) is 4.87. The van der Waals surface area contributed by atoms with Gasteiger partial charge in [0, 0.05) is 0 Å². The highest BCUT2D eigenvalue weighted by molar-refractivity contribution is 7.71. The number of hydrogen-bond donors (Lipinski definition) is 1. The first-order chi connectivity index (χ1) is 12.1. The van der Waals surface area contributed by atoms with Crippen LogP contribution in [0.5, 0.6) is 0 Å². The Morgan fingerprint density at radius 1 is 1.08 bits per heavy atom. The molecule has 0 aliphatic heterocycles. The minimum atomic E-state index is -5.31. The molecule has 1 N–H and O–H groups in total. The van der Waals surface area contributed by atoms with E-state index in [0.29, 0.717) is 0 Å². The number of esters is 1. The Morgan fingerprint density at radius 3 is 1.96 bits per heavy atom. The standard InChI is InChI=1S/C15H19F3NO6P/c1-4-24-26(22,25-5-2)13(21)19-14(12(20)23-3,15(16,17)18)11-9-7-6-8-10-11/h6-10H,4-5H2,1-3H3,(H,19,21). The summed E-state index contributed by atoms with van der Waals surface area (Å²) in [6, 6.07) is 5.88. The molecule has 0 fully saturated rings. The van der Waals surface area contributed by atoms with Crippen LogP contribution >= 0.6 is 7.60 Å². The molecule has 1 amide bonds. The average molecular weight is 397 g/mol. The van der Waals surface area contributed by atoms with Gasteiger partial charge in [-0.2, -0.15) is 13.2 Å². The Morgan fingerprint density at radius 2 is 1.58 bits per heavy atom. The quantitative estimate of drug-likeness (QED) is 0.533. The number of rotatable bonds is 8. The zero-order valence-electron chi connectivity index (χ0n) is 14.3. The summed E-state index contributed by atoms with van der Waals surface area (Å²) < 4.78 is 68.0. The van der Waals surface area contributed by atoms with Crippen LogP contribution in [-0.4, -0.2) is 38.1 Å². The van der Waals surface area contributed by atoms with Crippen LogP contribution in [0.15, 0.2) is 30.3 Å². The molecule has 146 valence electrons. The minimum absolute atomic E-state index is 0.257. The van der Waals surface area contributed by atoms with Crippen molar-refractivity contribution in [3.63, 3.8) is 0 Å². The lowest BCUT2D eigenvalue weighted by atomic mass is 9.89. The fraction of sp³-hybridized carbons (Fsp3) is 0.467. The van der Waals surface area contributed by atoms with Crippen molar-refractivity contribution >= 4 is 19.2 Å². The molecule has 0 bridgehead atoms. The van der Waals surface area contributed by atoms with E-state index in [2.05, 4.69) is 4.74 Å². The largest absolute Gasteiger partial charge is 0.467 e. The first-order valence-electron chi connectivity index (χ1n) is 7.51. The van der Waals surface area contributed by atoms with Gasteiger partial charge in [0.25, 0.3) is 5.54 Å². The Balaban J connectivity index is 3.54. The summed E-state index contributed by atoms with van der Waals surface area (Å²) in [5.74, 6) is -1.80. The molecule has 0 aromatic heterocycles. The van der Waals surface area contributed by atoms with Gasteiger partial charge in [0.1, 0.15) is 0 Å². The molecule has 1 atom stereocenters. The van der Waals surface area contributed by atoms with Crippen LogP contribution in [0.2, 0.25) is 0 Å². The van der Waals surface area contributed by atoms with E-state index in [4.69, 9.17) is 9.05 Å². The smallest absolute Gasteiger partial charge is 0.426 e. The predicted molar refractivity (Wildman–Crippen MR) is 85.6 cm³/mol. The van der Waals surface area contributed by atoms with Gasteiger partial charge in [-0.05, 0) is 19.4 Å². The SMILES string of the molecule is CCOP(=O)(OCC)C(=O)NC(C(=O)OC)(c1ccccc1)C(F)(F)F. The predicted octanol–water partition coefficient (Wildman–Crippen LogP) is 3.59. The van der Waals surface area contributed by atoms with Crippen molar-refractivity contribution in [1.29, 1.82) is 0 Å². The molecule has 0 aliphatic carbocycles. The summed E-state index contributed by atoms with van der Waals surface area (Å²) in [5.41, 5.74) is -5.90. The number of carbonyl (C=O) groups is 2. The Labute approximate surface area is 148 Å². The van der Waals surface area contributed by atoms with E-state index in [-0.39, 0.29) is 13.2 Å². The van der Waals surface area contributed by atoms with Gasteiger partial charge < -0.3 is 19.1 Å². The van der Waals surface area contributed by atoms with Crippen molar-refractivity contribution in [3.05, 3.63) is 35.9 Å². The number of nitrogens with one attached hydrogen (secondary N) is 1. The van der Waals surface area contributed by atoms with Crippen LogP contribution in [0.1, 0.15) is 19.4 Å². The first kappa shape index (κ1) is 22.1. The van der Waals surface area contributed by atoms with Gasteiger partial charge in [-0.15, -0.1) is 0 Å². The topological polar surface area (TPSA) is 90.9 Å². The number of ether oxygens (including phenoxy) is 1. The Bertz CT molecular complexity index is 672. The van der Waals surface area contributed by atoms with Crippen molar-refractivity contribution < 1.29 is 41.1 Å². The number of carbonyl (C=O) groups excluding carboxylic acids is 2. The van der Waals surface area contributed by atoms with Gasteiger partial charge >= 0.3 is 25.4 Å². The maximum absolute atomic E-state index is 13.9. The van der Waals surface area contributed by atoms with Crippen LogP contribution in [0.3, 0.4) is 0 Å². The molecule has 0 spiro atoms. The number of alkyl halides is 3. The summed E-state index contributed by atoms with van der Waals surface area (Å²) in [6.07, 6.45) is -5.31. The molecule has 0 radical (unpaired) electrons. The maximum Gasteiger partial charge on any atom is 0.426 e.